The molecule has 0 aliphatic carbocycles. The van der Waals surface area contributed by atoms with Crippen molar-refractivity contribution >= 4 is 22.7 Å². The van der Waals surface area contributed by atoms with E-state index in [4.69, 9.17) is 9.15 Å². The molecule has 0 radical (unpaired) electrons. The second-order valence-corrected chi connectivity index (χ2v) is 9.03. The van der Waals surface area contributed by atoms with Crippen LogP contribution in [-0.4, -0.2) is 22.0 Å². The number of phenolic OH excluding ortho intramolecular Hbond substituents is 2. The molecular formula is C28H36O7. The Labute approximate surface area is 206 Å². The van der Waals surface area contributed by atoms with E-state index in [1.54, 1.807) is 6.92 Å². The minimum atomic E-state index is -0.835. The van der Waals surface area contributed by atoms with Gasteiger partial charge in [0, 0.05) is 30.5 Å². The number of hydrogen-bond acceptors (Lipinski definition) is 7. The van der Waals surface area contributed by atoms with E-state index in [1.165, 1.54) is 12.5 Å². The molecule has 1 aromatic carbocycles. The first-order valence-corrected chi connectivity index (χ1v) is 12.1. The van der Waals surface area contributed by atoms with Crippen LogP contribution in [0.25, 0.3) is 11.0 Å². The summed E-state index contributed by atoms with van der Waals surface area (Å²) >= 11 is 0. The number of phenols is 2. The van der Waals surface area contributed by atoms with Crippen LogP contribution in [-0.2, 0) is 16.0 Å². The van der Waals surface area contributed by atoms with Gasteiger partial charge in [0.15, 0.2) is 11.4 Å². The maximum atomic E-state index is 13.0. The number of ketones is 1. The topological polar surface area (TPSA) is 114 Å². The zero-order valence-electron chi connectivity index (χ0n) is 21.5. The fraction of sp³-hybridized carbons (Fsp3) is 0.464. The minimum absolute atomic E-state index is 0.0977. The van der Waals surface area contributed by atoms with Gasteiger partial charge in [0.25, 0.3) is 0 Å². The number of hydrogen-bond donors (Lipinski definition) is 2. The van der Waals surface area contributed by atoms with Gasteiger partial charge in [0.2, 0.25) is 0 Å². The smallest absolute Gasteiger partial charge is 0.336 e. The molecule has 0 fully saturated rings. The van der Waals surface area contributed by atoms with E-state index in [2.05, 4.69) is 6.08 Å². The van der Waals surface area contributed by atoms with Crippen molar-refractivity contribution in [3.05, 3.63) is 56.5 Å². The van der Waals surface area contributed by atoms with Crippen LogP contribution < -0.4 is 5.63 Å². The quantitative estimate of drug-likeness (QED) is 0.163. The summed E-state index contributed by atoms with van der Waals surface area (Å²) in [6.45, 7) is 10.9. The van der Waals surface area contributed by atoms with E-state index >= 15 is 0 Å². The average molecular weight is 485 g/mol. The third-order valence-electron chi connectivity index (χ3n) is 5.79. The Kier molecular flexibility index (Phi) is 9.87. The summed E-state index contributed by atoms with van der Waals surface area (Å²) in [7, 11) is 0. The minimum Gasteiger partial charge on any atom is -0.507 e. The Morgan fingerprint density at radius 1 is 1.06 bits per heavy atom. The second kappa shape index (κ2) is 12.4. The van der Waals surface area contributed by atoms with Crippen LogP contribution in [0.5, 0.6) is 11.5 Å². The van der Waals surface area contributed by atoms with Crippen molar-refractivity contribution in [2.24, 2.45) is 0 Å². The number of allylic oxidation sites excluding steroid dienone is 4. The number of Topliss-reactive ketones (excluding diaryl/α,β-unsaturated/α-hetero) is 1. The lowest BCUT2D eigenvalue weighted by molar-refractivity contribution is -0.146. The van der Waals surface area contributed by atoms with Gasteiger partial charge < -0.3 is 19.4 Å². The monoisotopic (exact) mass is 484 g/mol. The molecule has 2 rings (SSSR count). The van der Waals surface area contributed by atoms with Crippen LogP contribution in [0.1, 0.15) is 101 Å². The summed E-state index contributed by atoms with van der Waals surface area (Å²) in [5.41, 5.74) is 1.59. The molecule has 7 heteroatoms. The van der Waals surface area contributed by atoms with Crippen molar-refractivity contribution in [3.8, 4) is 11.5 Å². The summed E-state index contributed by atoms with van der Waals surface area (Å²) < 4.78 is 10.7. The zero-order chi connectivity index (χ0) is 26.3. The van der Waals surface area contributed by atoms with Gasteiger partial charge in [-0.05, 0) is 52.9 Å². The highest BCUT2D eigenvalue weighted by Crippen LogP contribution is 2.44. The highest BCUT2D eigenvalue weighted by molar-refractivity contribution is 6.11. The van der Waals surface area contributed by atoms with Gasteiger partial charge in [-0.1, -0.05) is 37.1 Å². The summed E-state index contributed by atoms with van der Waals surface area (Å²) in [5.74, 6) is -1.65. The summed E-state index contributed by atoms with van der Waals surface area (Å²) in [5, 5.41) is 22.4. The first-order valence-electron chi connectivity index (χ1n) is 12.1. The number of carbonyl (C=O) groups excluding carboxylic acids is 2. The first kappa shape index (κ1) is 27.9. The van der Waals surface area contributed by atoms with Gasteiger partial charge in [-0.2, -0.15) is 0 Å². The molecule has 0 saturated carbocycles. The molecule has 0 saturated heterocycles. The lowest BCUT2D eigenvalue weighted by Gasteiger charge is -2.20. The second-order valence-electron chi connectivity index (χ2n) is 9.03. The van der Waals surface area contributed by atoms with Crippen molar-refractivity contribution in [2.45, 2.75) is 86.2 Å². The molecule has 0 aliphatic heterocycles. The molecule has 7 nitrogen and oxygen atoms in total. The van der Waals surface area contributed by atoms with Crippen molar-refractivity contribution in [3.63, 3.8) is 0 Å². The third kappa shape index (κ3) is 6.84. The van der Waals surface area contributed by atoms with Crippen molar-refractivity contribution < 1.29 is 29.0 Å². The molecule has 190 valence electrons. The van der Waals surface area contributed by atoms with E-state index in [-0.39, 0.29) is 46.3 Å². The number of rotatable bonds is 11. The molecule has 0 spiro atoms. The van der Waals surface area contributed by atoms with Gasteiger partial charge in [0.1, 0.15) is 23.2 Å². The highest BCUT2D eigenvalue weighted by Gasteiger charge is 2.29. The summed E-state index contributed by atoms with van der Waals surface area (Å²) in [6.07, 6.45) is 6.03. The average Bonchev–Trinajstić information content (AvgIpc) is 2.76. The standard InChI is InChI=1S/C28H36O7/c1-7-10-21(30)25-27(33)19(14-13-17(5)12-9-11-16(3)4)26(32)24-20(15-23(31)35-28(24)25)22(8-2)34-18(6)29/h11,13,15,22,32-33H,7-10,12,14H2,1-6H3/b17-13+/t22-/m0/s1. The van der Waals surface area contributed by atoms with Gasteiger partial charge in [-0.15, -0.1) is 0 Å². The van der Waals surface area contributed by atoms with Crippen LogP contribution in [0.3, 0.4) is 0 Å². The summed E-state index contributed by atoms with van der Waals surface area (Å²) in [4.78, 5) is 37.1. The first-order chi connectivity index (χ1) is 16.5. The fourth-order valence-corrected chi connectivity index (χ4v) is 4.05. The Balaban J connectivity index is 2.79. The molecular weight excluding hydrogens is 448 g/mol. The van der Waals surface area contributed by atoms with Gasteiger partial charge in [-0.3, -0.25) is 9.59 Å². The van der Waals surface area contributed by atoms with E-state index in [9.17, 15) is 24.6 Å². The van der Waals surface area contributed by atoms with Gasteiger partial charge in [-0.25, -0.2) is 4.79 Å². The zero-order valence-corrected chi connectivity index (χ0v) is 21.5. The molecule has 0 aliphatic rings. The van der Waals surface area contributed by atoms with Crippen molar-refractivity contribution in [1.29, 1.82) is 0 Å². The highest BCUT2D eigenvalue weighted by atomic mass is 16.5. The Bertz CT molecular complexity index is 1210. The molecule has 0 unspecified atom stereocenters. The lowest BCUT2D eigenvalue weighted by Crippen LogP contribution is -2.13. The van der Waals surface area contributed by atoms with Crippen molar-refractivity contribution in [1.82, 2.24) is 0 Å². The molecule has 35 heavy (non-hydrogen) atoms. The fourth-order valence-electron chi connectivity index (χ4n) is 4.05. The van der Waals surface area contributed by atoms with Crippen LogP contribution in [0.2, 0.25) is 0 Å². The number of benzene rings is 1. The number of carbonyl (C=O) groups is 2. The number of aromatic hydroxyl groups is 2. The molecule has 1 atom stereocenters. The van der Waals surface area contributed by atoms with E-state index in [0.29, 0.717) is 12.8 Å². The predicted molar refractivity (Wildman–Crippen MR) is 136 cm³/mol. The molecule has 0 bridgehead atoms. The van der Waals surface area contributed by atoms with E-state index in [0.717, 1.165) is 24.5 Å². The maximum Gasteiger partial charge on any atom is 0.336 e. The van der Waals surface area contributed by atoms with Crippen molar-refractivity contribution in [2.75, 3.05) is 0 Å². The lowest BCUT2D eigenvalue weighted by atomic mass is 9.92. The molecule has 2 N–H and O–H groups in total. The number of esters is 1. The van der Waals surface area contributed by atoms with Crippen LogP contribution in [0, 0.1) is 0 Å². The van der Waals surface area contributed by atoms with Crippen LogP contribution in [0.15, 0.2) is 38.6 Å². The normalized spacial score (nSPS) is 12.5. The summed E-state index contributed by atoms with van der Waals surface area (Å²) in [6, 6.07) is 1.16. The molecule has 1 heterocycles. The predicted octanol–water partition coefficient (Wildman–Crippen LogP) is 6.44. The number of ether oxygens (including phenoxy) is 1. The third-order valence-corrected chi connectivity index (χ3v) is 5.79. The molecule has 0 amide bonds. The number of fused-ring (bicyclic) bond motifs is 1. The van der Waals surface area contributed by atoms with E-state index < -0.39 is 29.2 Å². The largest absolute Gasteiger partial charge is 0.507 e. The molecule has 2 aromatic rings. The Hall–Kier alpha value is -3.35. The van der Waals surface area contributed by atoms with E-state index in [1.807, 2.05) is 33.8 Å². The Morgan fingerprint density at radius 2 is 1.74 bits per heavy atom. The Morgan fingerprint density at radius 3 is 2.31 bits per heavy atom. The van der Waals surface area contributed by atoms with Gasteiger partial charge >= 0.3 is 11.6 Å². The van der Waals surface area contributed by atoms with Gasteiger partial charge in [0.05, 0.1) is 5.39 Å². The van der Waals surface area contributed by atoms with Crippen LogP contribution in [0.4, 0.5) is 0 Å². The maximum absolute atomic E-state index is 13.0. The van der Waals surface area contributed by atoms with Crippen LogP contribution >= 0.6 is 0 Å². The SMILES string of the molecule is CCCC(=O)c1c(O)c(C/C=C(\C)CCC=C(C)C)c(O)c2c([C@H](CC)OC(C)=O)cc(=O)oc12. The molecule has 1 aromatic heterocycles.